The van der Waals surface area contributed by atoms with E-state index in [4.69, 9.17) is 24.4 Å². The zero-order chi connectivity index (χ0) is 35.2. The lowest BCUT2D eigenvalue weighted by Gasteiger charge is -2.18. The first-order valence-corrected chi connectivity index (χ1v) is 18.2. The van der Waals surface area contributed by atoms with E-state index < -0.39 is 0 Å². The van der Waals surface area contributed by atoms with E-state index in [9.17, 15) is 4.79 Å². The second-order valence-electron chi connectivity index (χ2n) is 12.5. The standard InChI is InChI=1S/C41H44N6OS2/c1-5-7-27-35-37(46(40(49)44(35)3)29-19-11-9-12-20-29)31-23-15-17-25-33(31)42-39(48)43-34-26-18-16-24-32(34)38-36(28-8-6-2)45(4)41(50)47(38)30-21-13-10-14-22-30/h9-26H,5-8,27-28H2,1-4H3,(H2,42,43,48). The quantitative estimate of drug-likeness (QED) is 0.125. The van der Waals surface area contributed by atoms with Crippen molar-refractivity contribution in [3.05, 3.63) is 130 Å². The summed E-state index contributed by atoms with van der Waals surface area (Å²) in [6.45, 7) is 4.39. The molecule has 0 fully saturated rings. The Morgan fingerprint density at radius 2 is 0.920 bits per heavy atom. The normalized spacial score (nSPS) is 11.1. The number of aromatic nitrogens is 4. The zero-order valence-electron chi connectivity index (χ0n) is 29.1. The van der Waals surface area contributed by atoms with Crippen LogP contribution in [0.3, 0.4) is 0 Å². The van der Waals surface area contributed by atoms with Crippen LogP contribution >= 0.6 is 24.4 Å². The molecule has 2 amide bonds. The smallest absolute Gasteiger partial charge is 0.323 e. The van der Waals surface area contributed by atoms with Gasteiger partial charge in [-0.2, -0.15) is 0 Å². The minimum atomic E-state index is -0.336. The topological polar surface area (TPSA) is 60.9 Å². The van der Waals surface area contributed by atoms with Crippen LogP contribution in [0.2, 0.25) is 0 Å². The summed E-state index contributed by atoms with van der Waals surface area (Å²) in [5.41, 5.74) is 9.40. The fourth-order valence-corrected chi connectivity index (χ4v) is 7.23. The molecule has 0 unspecified atom stereocenters. The molecule has 0 aliphatic carbocycles. The summed E-state index contributed by atoms with van der Waals surface area (Å²) in [6.07, 6.45) is 5.89. The predicted molar refractivity (Wildman–Crippen MR) is 212 cm³/mol. The summed E-state index contributed by atoms with van der Waals surface area (Å²) in [5, 5.41) is 6.40. The van der Waals surface area contributed by atoms with Gasteiger partial charge in [0.05, 0.1) is 22.8 Å². The van der Waals surface area contributed by atoms with Crippen molar-refractivity contribution >= 4 is 41.8 Å². The molecule has 4 aromatic carbocycles. The van der Waals surface area contributed by atoms with E-state index >= 15 is 0 Å². The Kier molecular flexibility index (Phi) is 10.9. The molecule has 6 aromatic rings. The molecule has 2 N–H and O–H groups in total. The van der Waals surface area contributed by atoms with Gasteiger partial charge in [-0.05, 0) is 86.5 Å². The number of nitrogens with zero attached hydrogens (tertiary/aromatic N) is 4. The van der Waals surface area contributed by atoms with Gasteiger partial charge in [-0.1, -0.05) is 99.5 Å². The van der Waals surface area contributed by atoms with Crippen molar-refractivity contribution in [1.82, 2.24) is 18.3 Å². The van der Waals surface area contributed by atoms with Crippen molar-refractivity contribution in [2.75, 3.05) is 10.6 Å². The maximum atomic E-state index is 14.0. The highest BCUT2D eigenvalue weighted by Crippen LogP contribution is 2.37. The van der Waals surface area contributed by atoms with Crippen LogP contribution in [0.15, 0.2) is 109 Å². The summed E-state index contributed by atoms with van der Waals surface area (Å²) < 4.78 is 9.86. The maximum absolute atomic E-state index is 14.0. The van der Waals surface area contributed by atoms with Crippen molar-refractivity contribution in [2.24, 2.45) is 14.1 Å². The van der Waals surface area contributed by atoms with Crippen LogP contribution in [0.1, 0.15) is 50.9 Å². The fraction of sp³-hybridized carbons (Fsp3) is 0.244. The lowest BCUT2D eigenvalue weighted by atomic mass is 10.0. The molecule has 9 heteroatoms. The molecular weight excluding hydrogens is 657 g/mol. The Bertz CT molecular complexity index is 2070. The Balaban J connectivity index is 1.41. The van der Waals surface area contributed by atoms with Gasteiger partial charge >= 0.3 is 6.03 Å². The molecular formula is C41H44N6OS2. The van der Waals surface area contributed by atoms with Gasteiger partial charge in [0.2, 0.25) is 0 Å². The number of carbonyl (C=O) groups is 1. The van der Waals surface area contributed by atoms with Gasteiger partial charge in [-0.3, -0.25) is 9.13 Å². The molecule has 0 saturated heterocycles. The Morgan fingerprint density at radius 1 is 0.560 bits per heavy atom. The van der Waals surface area contributed by atoms with E-state index in [1.165, 1.54) is 0 Å². The van der Waals surface area contributed by atoms with Crippen molar-refractivity contribution in [3.63, 3.8) is 0 Å². The third-order valence-electron chi connectivity index (χ3n) is 9.18. The highest BCUT2D eigenvalue weighted by Gasteiger charge is 2.24. The van der Waals surface area contributed by atoms with Crippen LogP contribution in [-0.4, -0.2) is 24.3 Å². The van der Waals surface area contributed by atoms with Crippen molar-refractivity contribution in [3.8, 4) is 33.9 Å². The first-order valence-electron chi connectivity index (χ1n) is 17.3. The van der Waals surface area contributed by atoms with E-state index in [0.29, 0.717) is 20.9 Å². The summed E-state index contributed by atoms with van der Waals surface area (Å²) in [4.78, 5) is 14.0. The molecule has 7 nitrogen and oxygen atoms in total. The first kappa shape index (κ1) is 34.9. The maximum Gasteiger partial charge on any atom is 0.323 e. The third-order valence-corrected chi connectivity index (χ3v) is 10.1. The average Bonchev–Trinajstić information content (AvgIpc) is 3.54. The minimum absolute atomic E-state index is 0.336. The van der Waals surface area contributed by atoms with Crippen LogP contribution in [0.25, 0.3) is 33.9 Å². The fourth-order valence-electron chi connectivity index (χ4n) is 6.62. The summed E-state index contributed by atoms with van der Waals surface area (Å²) >= 11 is 12.0. The number of imidazole rings is 2. The minimum Gasteiger partial charge on any atom is -0.323 e. The largest absolute Gasteiger partial charge is 0.323 e. The second kappa shape index (κ2) is 15.7. The van der Waals surface area contributed by atoms with E-state index in [-0.39, 0.29) is 6.03 Å². The summed E-state index contributed by atoms with van der Waals surface area (Å²) in [6, 6.07) is 35.9. The van der Waals surface area contributed by atoms with Gasteiger partial charge in [0.15, 0.2) is 9.54 Å². The molecule has 256 valence electrons. The molecule has 0 aliphatic heterocycles. The molecule has 0 bridgehead atoms. The van der Waals surface area contributed by atoms with E-state index in [0.717, 1.165) is 83.8 Å². The lowest BCUT2D eigenvalue weighted by molar-refractivity contribution is 0.262. The Labute approximate surface area is 304 Å². The van der Waals surface area contributed by atoms with Crippen LogP contribution in [-0.2, 0) is 26.9 Å². The van der Waals surface area contributed by atoms with Crippen LogP contribution in [0.5, 0.6) is 0 Å². The number of hydrogen-bond donors (Lipinski definition) is 2. The number of benzene rings is 4. The third kappa shape index (κ3) is 6.88. The van der Waals surface area contributed by atoms with Crippen molar-refractivity contribution in [2.45, 2.75) is 52.4 Å². The molecule has 0 saturated carbocycles. The van der Waals surface area contributed by atoms with Gasteiger partial charge in [-0.25, -0.2) is 4.79 Å². The van der Waals surface area contributed by atoms with Gasteiger partial charge in [0.1, 0.15) is 0 Å². The molecule has 2 aromatic heterocycles. The highest BCUT2D eigenvalue weighted by molar-refractivity contribution is 7.71. The number of para-hydroxylation sites is 4. The molecule has 0 atom stereocenters. The van der Waals surface area contributed by atoms with Gasteiger partial charge < -0.3 is 19.8 Å². The van der Waals surface area contributed by atoms with Crippen LogP contribution in [0, 0.1) is 9.54 Å². The zero-order valence-corrected chi connectivity index (χ0v) is 30.8. The molecule has 0 aliphatic rings. The Hall–Kier alpha value is -4.99. The predicted octanol–water partition coefficient (Wildman–Crippen LogP) is 11.1. The number of urea groups is 1. The van der Waals surface area contributed by atoms with E-state index in [1.807, 2.05) is 86.9 Å². The monoisotopic (exact) mass is 700 g/mol. The highest BCUT2D eigenvalue weighted by atomic mass is 32.1. The van der Waals surface area contributed by atoms with Gasteiger partial charge in [0, 0.05) is 48.0 Å². The van der Waals surface area contributed by atoms with Crippen molar-refractivity contribution < 1.29 is 4.79 Å². The number of anilines is 2. The number of hydrogen-bond acceptors (Lipinski definition) is 3. The summed E-state index contributed by atoms with van der Waals surface area (Å²) in [5.74, 6) is 0. The molecule has 50 heavy (non-hydrogen) atoms. The second-order valence-corrected chi connectivity index (χ2v) is 13.2. The first-order chi connectivity index (χ1) is 24.3. The molecule has 0 radical (unpaired) electrons. The number of amides is 2. The number of rotatable bonds is 12. The summed E-state index contributed by atoms with van der Waals surface area (Å²) in [7, 11) is 4.06. The van der Waals surface area contributed by atoms with Gasteiger partial charge in [0.25, 0.3) is 0 Å². The molecule has 2 heterocycles. The average molecular weight is 701 g/mol. The van der Waals surface area contributed by atoms with Crippen LogP contribution < -0.4 is 10.6 Å². The molecule has 0 spiro atoms. The number of carbonyl (C=O) groups excluding carboxylic acids is 1. The number of unbranched alkanes of at least 4 members (excludes halogenated alkanes) is 2. The van der Waals surface area contributed by atoms with Crippen molar-refractivity contribution in [1.29, 1.82) is 0 Å². The lowest BCUT2D eigenvalue weighted by Crippen LogP contribution is -2.20. The van der Waals surface area contributed by atoms with E-state index in [2.05, 4.69) is 79.1 Å². The van der Waals surface area contributed by atoms with E-state index in [1.54, 1.807) is 0 Å². The molecule has 6 rings (SSSR count). The van der Waals surface area contributed by atoms with Gasteiger partial charge in [-0.15, -0.1) is 0 Å². The van der Waals surface area contributed by atoms with Crippen LogP contribution in [0.4, 0.5) is 16.2 Å². The number of nitrogens with one attached hydrogen (secondary N) is 2. The SMILES string of the molecule is CCCCc1c(-c2ccccc2NC(=O)Nc2ccccc2-c2c(CCCC)n(C)c(=S)n2-c2ccccc2)n(-c2ccccc2)c(=S)n1C. The Morgan fingerprint density at radius 3 is 1.30 bits per heavy atom.